The zero-order valence-electron chi connectivity index (χ0n) is 41.3. The zero-order valence-corrected chi connectivity index (χ0v) is 41.3. The smallest absolute Gasteiger partial charge is 0.309 e. The molecule has 0 aliphatic heterocycles. The van der Waals surface area contributed by atoms with E-state index < -0.39 is 11.7 Å². The van der Waals surface area contributed by atoms with Crippen molar-refractivity contribution in [2.45, 2.75) is 6.18 Å². The highest BCUT2D eigenvalue weighted by atomic mass is 19.4. The summed E-state index contributed by atoms with van der Waals surface area (Å²) >= 11 is 0. The molecule has 0 unspecified atom stereocenters. The van der Waals surface area contributed by atoms with Crippen molar-refractivity contribution < 1.29 is 13.2 Å². The standard InChI is InChI=1S/C66H40F3N9/c67-66(68,69)47-33-36-57(77-53-28-15-13-26-48(53)50-38-45(31-34-55(50)77)64-73-60(41-18-5-1-6-19-41)71-61(74-64)42-20-7-2-8-21-42)52(40-47)59-58(30-17-37-70-59)78-54-29-16-14-27-49(54)51-39-46(32-35-56(51)78)65-75-62(43-22-9-3-10-23-43)72-63(76-65)44-24-11-4-12-25-44/h1-40H. The van der Waals surface area contributed by atoms with Crippen LogP contribution in [0.4, 0.5) is 13.2 Å². The molecule has 370 valence electrons. The Hall–Kier alpha value is -10.5. The van der Waals surface area contributed by atoms with Crippen LogP contribution in [0.5, 0.6) is 0 Å². The number of nitrogens with zero attached hydrogens (tertiary/aromatic N) is 9. The Bertz CT molecular complexity index is 4480. The number of fused-ring (bicyclic) bond motifs is 6. The molecule has 0 bridgehead atoms. The highest BCUT2D eigenvalue weighted by Gasteiger charge is 2.33. The second-order valence-electron chi connectivity index (χ2n) is 18.8. The molecule has 0 aliphatic rings. The van der Waals surface area contributed by atoms with Gasteiger partial charge in [0.1, 0.15) is 0 Å². The van der Waals surface area contributed by atoms with Crippen molar-refractivity contribution in [3.8, 4) is 91.0 Å². The molecule has 14 aromatic rings. The Morgan fingerprint density at radius 2 is 0.667 bits per heavy atom. The Morgan fingerprint density at radius 1 is 0.295 bits per heavy atom. The maximum Gasteiger partial charge on any atom is 0.416 e. The number of hydrogen-bond donors (Lipinski definition) is 0. The number of benzene rings is 9. The quantitative estimate of drug-likeness (QED) is 0.142. The summed E-state index contributed by atoms with van der Waals surface area (Å²) in [5, 5.41) is 3.58. The Balaban J connectivity index is 0.948. The summed E-state index contributed by atoms with van der Waals surface area (Å²) < 4.78 is 49.4. The minimum absolute atomic E-state index is 0.291. The van der Waals surface area contributed by atoms with Gasteiger partial charge in [-0.2, -0.15) is 13.2 Å². The molecule has 0 radical (unpaired) electrons. The highest BCUT2D eigenvalue weighted by Crippen LogP contribution is 2.44. The second kappa shape index (κ2) is 18.7. The van der Waals surface area contributed by atoms with E-state index in [-0.39, 0.29) is 0 Å². The molecular formula is C66H40F3N9. The van der Waals surface area contributed by atoms with E-state index in [1.54, 1.807) is 12.3 Å². The molecular weight excluding hydrogens is 976 g/mol. The van der Waals surface area contributed by atoms with Crippen LogP contribution in [0.15, 0.2) is 243 Å². The summed E-state index contributed by atoms with van der Waals surface area (Å²) in [5.41, 5.74) is 9.11. The van der Waals surface area contributed by atoms with Gasteiger partial charge in [0.25, 0.3) is 0 Å². The van der Waals surface area contributed by atoms with Crippen molar-refractivity contribution in [3.05, 3.63) is 248 Å². The van der Waals surface area contributed by atoms with Crippen molar-refractivity contribution in [3.63, 3.8) is 0 Å². The fraction of sp³-hybridized carbons (Fsp3) is 0.0152. The average Bonchev–Trinajstić information content (AvgIpc) is 4.25. The molecule has 9 nitrogen and oxygen atoms in total. The van der Waals surface area contributed by atoms with Gasteiger partial charge in [0.15, 0.2) is 34.9 Å². The van der Waals surface area contributed by atoms with E-state index in [0.717, 1.165) is 83.1 Å². The lowest BCUT2D eigenvalue weighted by molar-refractivity contribution is -0.137. The van der Waals surface area contributed by atoms with E-state index in [4.69, 9.17) is 34.9 Å². The fourth-order valence-electron chi connectivity index (χ4n) is 10.5. The van der Waals surface area contributed by atoms with Gasteiger partial charge < -0.3 is 9.13 Å². The van der Waals surface area contributed by atoms with Gasteiger partial charge in [0.05, 0.1) is 44.7 Å². The van der Waals surface area contributed by atoms with Crippen molar-refractivity contribution in [1.29, 1.82) is 0 Å². The van der Waals surface area contributed by atoms with Gasteiger partial charge >= 0.3 is 6.18 Å². The van der Waals surface area contributed by atoms with E-state index >= 15 is 13.2 Å². The zero-order chi connectivity index (χ0) is 52.3. The topological polar surface area (TPSA) is 100 Å². The first kappa shape index (κ1) is 46.1. The third kappa shape index (κ3) is 8.10. The third-order valence-corrected chi connectivity index (χ3v) is 14.1. The fourth-order valence-corrected chi connectivity index (χ4v) is 10.5. The van der Waals surface area contributed by atoms with E-state index in [1.165, 1.54) is 6.07 Å². The number of hydrogen-bond acceptors (Lipinski definition) is 7. The summed E-state index contributed by atoms with van der Waals surface area (Å²) in [6, 6.07) is 74.9. The summed E-state index contributed by atoms with van der Waals surface area (Å²) in [6.45, 7) is 0. The Kier molecular flexibility index (Phi) is 11.1. The normalized spacial score (nSPS) is 11.8. The monoisotopic (exact) mass is 1020 g/mol. The number of para-hydroxylation sites is 2. The summed E-state index contributed by atoms with van der Waals surface area (Å²) in [5.74, 6) is 3.13. The van der Waals surface area contributed by atoms with Gasteiger partial charge in [-0.15, -0.1) is 0 Å². The van der Waals surface area contributed by atoms with E-state index in [0.29, 0.717) is 57.6 Å². The van der Waals surface area contributed by atoms with Crippen LogP contribution in [0.25, 0.3) is 135 Å². The van der Waals surface area contributed by atoms with E-state index in [2.05, 4.69) is 22.8 Å². The van der Waals surface area contributed by atoms with Crippen LogP contribution < -0.4 is 0 Å². The number of aromatic nitrogens is 9. The first-order chi connectivity index (χ1) is 38.3. The van der Waals surface area contributed by atoms with Gasteiger partial charge in [-0.3, -0.25) is 4.98 Å². The third-order valence-electron chi connectivity index (χ3n) is 14.1. The largest absolute Gasteiger partial charge is 0.416 e. The van der Waals surface area contributed by atoms with Gasteiger partial charge in [0.2, 0.25) is 0 Å². The molecule has 78 heavy (non-hydrogen) atoms. The van der Waals surface area contributed by atoms with Crippen LogP contribution in [0.1, 0.15) is 5.56 Å². The van der Waals surface area contributed by atoms with Gasteiger partial charge in [-0.05, 0) is 78.9 Å². The minimum atomic E-state index is -4.65. The van der Waals surface area contributed by atoms with E-state index in [9.17, 15) is 0 Å². The number of halogens is 3. The molecule has 0 saturated carbocycles. The lowest BCUT2D eigenvalue weighted by atomic mass is 10.0. The molecule has 5 heterocycles. The summed E-state index contributed by atoms with van der Waals surface area (Å²) in [7, 11) is 0. The molecule has 0 amide bonds. The van der Waals surface area contributed by atoms with Crippen molar-refractivity contribution >= 4 is 43.6 Å². The van der Waals surface area contributed by atoms with Gasteiger partial charge in [-0.1, -0.05) is 158 Å². The molecule has 0 N–H and O–H groups in total. The summed E-state index contributed by atoms with van der Waals surface area (Å²) in [4.78, 5) is 34.8. The molecule has 0 spiro atoms. The lowest BCUT2D eigenvalue weighted by Gasteiger charge is -2.19. The molecule has 12 heteroatoms. The SMILES string of the molecule is FC(F)(F)c1ccc(-n2c3ccccc3c3cc(-c4nc(-c5ccccc5)nc(-c5ccccc5)n4)ccc32)c(-c2ncccc2-n2c3ccccc3c3cc(-c4nc(-c5ccccc5)nc(-c5ccccc5)n4)ccc32)c1. The Labute approximate surface area is 444 Å². The van der Waals surface area contributed by atoms with Crippen LogP contribution in [-0.2, 0) is 6.18 Å². The highest BCUT2D eigenvalue weighted by molar-refractivity contribution is 6.12. The molecule has 5 aromatic heterocycles. The minimum Gasteiger partial charge on any atom is -0.309 e. The van der Waals surface area contributed by atoms with Crippen molar-refractivity contribution in [1.82, 2.24) is 44.0 Å². The second-order valence-corrected chi connectivity index (χ2v) is 18.8. The Morgan fingerprint density at radius 3 is 1.09 bits per heavy atom. The van der Waals surface area contributed by atoms with Crippen LogP contribution in [0.3, 0.4) is 0 Å². The number of rotatable bonds is 9. The molecule has 14 rings (SSSR count). The predicted molar refractivity (Wildman–Crippen MR) is 303 cm³/mol. The van der Waals surface area contributed by atoms with E-state index in [1.807, 2.05) is 205 Å². The van der Waals surface area contributed by atoms with Crippen LogP contribution in [-0.4, -0.2) is 44.0 Å². The predicted octanol–water partition coefficient (Wildman–Crippen LogP) is 16.3. The van der Waals surface area contributed by atoms with Gasteiger partial charge in [-0.25, -0.2) is 29.9 Å². The first-order valence-electron chi connectivity index (χ1n) is 25.3. The molecule has 9 aromatic carbocycles. The maximum absolute atomic E-state index is 15.1. The maximum atomic E-state index is 15.1. The van der Waals surface area contributed by atoms with Crippen molar-refractivity contribution in [2.24, 2.45) is 0 Å². The molecule has 0 atom stereocenters. The summed E-state index contributed by atoms with van der Waals surface area (Å²) in [6.07, 6.45) is -3.02. The molecule has 0 aliphatic carbocycles. The molecule has 0 saturated heterocycles. The van der Waals surface area contributed by atoms with Gasteiger partial charge in [0, 0.05) is 66.7 Å². The molecule has 0 fully saturated rings. The van der Waals surface area contributed by atoms with Crippen LogP contribution in [0.2, 0.25) is 0 Å². The number of pyridine rings is 1. The van der Waals surface area contributed by atoms with Crippen LogP contribution in [0, 0.1) is 0 Å². The average molecular weight is 1020 g/mol. The first-order valence-corrected chi connectivity index (χ1v) is 25.3. The van der Waals surface area contributed by atoms with Crippen LogP contribution >= 0.6 is 0 Å². The lowest BCUT2D eigenvalue weighted by Crippen LogP contribution is -2.08. The number of alkyl halides is 3. The van der Waals surface area contributed by atoms with Crippen molar-refractivity contribution in [2.75, 3.05) is 0 Å².